The Morgan fingerprint density at radius 1 is 1.26 bits per heavy atom. The van der Waals surface area contributed by atoms with Gasteiger partial charge in [0.1, 0.15) is 23.5 Å². The molecule has 0 bridgehead atoms. The fourth-order valence-electron chi connectivity index (χ4n) is 4.49. The second-order valence-corrected chi connectivity index (χ2v) is 8.57. The minimum atomic E-state index is -4.40. The Morgan fingerprint density at radius 3 is 2.88 bits per heavy atom. The van der Waals surface area contributed by atoms with Crippen molar-refractivity contribution in [2.45, 2.75) is 37.3 Å². The lowest BCUT2D eigenvalue weighted by atomic mass is 9.93. The van der Waals surface area contributed by atoms with Crippen LogP contribution in [0.15, 0.2) is 48.5 Å². The van der Waals surface area contributed by atoms with Gasteiger partial charge >= 0.3 is 6.18 Å². The van der Waals surface area contributed by atoms with Crippen LogP contribution in [0.4, 0.5) is 24.8 Å². The van der Waals surface area contributed by atoms with Crippen LogP contribution >= 0.6 is 0 Å². The summed E-state index contributed by atoms with van der Waals surface area (Å²) in [5.74, 6) is 1.73. The normalized spacial score (nSPS) is 21.0. The highest BCUT2D eigenvalue weighted by Gasteiger charge is 2.31. The van der Waals surface area contributed by atoms with E-state index in [-0.39, 0.29) is 17.7 Å². The van der Waals surface area contributed by atoms with Crippen LogP contribution in [-0.4, -0.2) is 44.2 Å². The molecule has 2 aliphatic rings. The first kappa shape index (κ1) is 22.3. The third-order valence-corrected chi connectivity index (χ3v) is 6.26. The van der Waals surface area contributed by atoms with E-state index in [4.69, 9.17) is 10.7 Å². The quantitative estimate of drug-likeness (QED) is 0.522. The van der Waals surface area contributed by atoms with E-state index in [1.807, 2.05) is 16.7 Å². The summed E-state index contributed by atoms with van der Waals surface area (Å²) in [6.07, 6.45) is 7.08. The van der Waals surface area contributed by atoms with Crippen LogP contribution in [0.2, 0.25) is 0 Å². The number of halogens is 3. The molecule has 1 saturated heterocycles. The van der Waals surface area contributed by atoms with Gasteiger partial charge in [0.2, 0.25) is 0 Å². The molecule has 4 N–H and O–H groups in total. The van der Waals surface area contributed by atoms with Gasteiger partial charge in [-0.15, -0.1) is 0 Å². The number of nitrogen functional groups attached to an aromatic ring is 1. The number of nitrogens with two attached hydrogens (primary N) is 1. The number of piperidine rings is 1. The van der Waals surface area contributed by atoms with E-state index in [1.165, 1.54) is 6.33 Å². The first-order chi connectivity index (χ1) is 16.4. The maximum absolute atomic E-state index is 12.9. The van der Waals surface area contributed by atoms with E-state index in [9.17, 15) is 13.2 Å². The molecule has 1 aliphatic heterocycles. The van der Waals surface area contributed by atoms with Crippen LogP contribution in [0.1, 0.15) is 48.2 Å². The number of allylic oxidation sites excluding steroid dienone is 2. The number of hydrogen-bond donors (Lipinski definition) is 3. The Morgan fingerprint density at radius 2 is 2.15 bits per heavy atom. The second-order valence-electron chi connectivity index (χ2n) is 8.57. The summed E-state index contributed by atoms with van der Waals surface area (Å²) in [6, 6.07) is 1.97. The van der Waals surface area contributed by atoms with Gasteiger partial charge in [-0.05, 0) is 43.5 Å². The van der Waals surface area contributed by atoms with Crippen molar-refractivity contribution >= 4 is 17.2 Å². The molecule has 8 nitrogen and oxygen atoms in total. The van der Waals surface area contributed by atoms with Gasteiger partial charge in [0.25, 0.3) is 0 Å². The van der Waals surface area contributed by atoms with Crippen LogP contribution in [-0.2, 0) is 6.18 Å². The van der Waals surface area contributed by atoms with Gasteiger partial charge in [-0.1, -0.05) is 18.2 Å². The molecule has 178 valence electrons. The number of rotatable bonds is 5. The second kappa shape index (κ2) is 9.05. The van der Waals surface area contributed by atoms with Gasteiger partial charge < -0.3 is 16.4 Å². The number of alkyl halides is 3. The van der Waals surface area contributed by atoms with Gasteiger partial charge in [0.15, 0.2) is 5.82 Å². The zero-order valence-corrected chi connectivity index (χ0v) is 18.4. The fraction of sp³-hybridized carbons (Fsp3) is 0.391. The van der Waals surface area contributed by atoms with Gasteiger partial charge in [0.05, 0.1) is 11.3 Å². The van der Waals surface area contributed by atoms with E-state index in [1.54, 1.807) is 0 Å². The SMILES string of the molecule is Nc1ncnn2c(C3CCCNC3)nc(C3C=CC(CNc4cc(C(F)(F)F)ccn4)=CC3)c12. The lowest BCUT2D eigenvalue weighted by Crippen LogP contribution is -2.29. The summed E-state index contributed by atoms with van der Waals surface area (Å²) in [6.45, 7) is 2.22. The number of nitrogens with zero attached hydrogens (tertiary/aromatic N) is 5. The van der Waals surface area contributed by atoms with Gasteiger partial charge in [0, 0.05) is 31.1 Å². The van der Waals surface area contributed by atoms with E-state index >= 15 is 0 Å². The number of pyridine rings is 1. The van der Waals surface area contributed by atoms with E-state index < -0.39 is 11.7 Å². The minimum Gasteiger partial charge on any atom is -0.382 e. The van der Waals surface area contributed by atoms with Gasteiger partial charge in [-0.25, -0.2) is 19.5 Å². The minimum absolute atomic E-state index is 0.00373. The van der Waals surface area contributed by atoms with Crippen molar-refractivity contribution in [3.8, 4) is 0 Å². The molecule has 0 amide bonds. The average molecular weight is 471 g/mol. The monoisotopic (exact) mass is 470 g/mol. The summed E-state index contributed by atoms with van der Waals surface area (Å²) in [7, 11) is 0. The van der Waals surface area contributed by atoms with Crippen LogP contribution in [0.5, 0.6) is 0 Å². The Bertz CT molecular complexity index is 1240. The molecule has 34 heavy (non-hydrogen) atoms. The van der Waals surface area contributed by atoms with Crippen molar-refractivity contribution in [1.82, 2.24) is 29.9 Å². The molecule has 2 unspecified atom stereocenters. The molecule has 5 rings (SSSR count). The smallest absolute Gasteiger partial charge is 0.382 e. The molecule has 3 aromatic rings. The number of imidazole rings is 1. The summed E-state index contributed by atoms with van der Waals surface area (Å²) in [5, 5.41) is 10.8. The topological polar surface area (TPSA) is 106 Å². The third-order valence-electron chi connectivity index (χ3n) is 6.26. The van der Waals surface area contributed by atoms with Crippen molar-refractivity contribution in [2.24, 2.45) is 0 Å². The lowest BCUT2D eigenvalue weighted by Gasteiger charge is -2.21. The highest BCUT2D eigenvalue weighted by atomic mass is 19.4. The predicted octanol–water partition coefficient (Wildman–Crippen LogP) is 3.67. The highest BCUT2D eigenvalue weighted by Crippen LogP contribution is 2.34. The molecule has 0 saturated carbocycles. The Labute approximate surface area is 194 Å². The maximum Gasteiger partial charge on any atom is 0.416 e. The van der Waals surface area contributed by atoms with Crippen LogP contribution in [0, 0.1) is 0 Å². The largest absolute Gasteiger partial charge is 0.416 e. The van der Waals surface area contributed by atoms with Gasteiger partial charge in [-0.3, -0.25) is 0 Å². The number of aromatic nitrogens is 5. The van der Waals surface area contributed by atoms with E-state index in [2.05, 4.69) is 31.8 Å². The fourth-order valence-corrected chi connectivity index (χ4v) is 4.49. The van der Waals surface area contributed by atoms with E-state index in [0.717, 1.165) is 66.9 Å². The summed E-state index contributed by atoms with van der Waals surface area (Å²) < 4.78 is 40.6. The van der Waals surface area contributed by atoms with E-state index in [0.29, 0.717) is 18.8 Å². The van der Waals surface area contributed by atoms with Crippen LogP contribution in [0.25, 0.3) is 5.52 Å². The Hall–Kier alpha value is -3.47. The summed E-state index contributed by atoms with van der Waals surface area (Å²) in [4.78, 5) is 13.1. The van der Waals surface area contributed by atoms with Crippen molar-refractivity contribution in [2.75, 3.05) is 30.7 Å². The zero-order valence-electron chi connectivity index (χ0n) is 18.4. The Kier molecular flexibility index (Phi) is 5.94. The molecule has 4 heterocycles. The molecule has 0 radical (unpaired) electrons. The molecule has 2 atom stereocenters. The lowest BCUT2D eigenvalue weighted by molar-refractivity contribution is -0.137. The average Bonchev–Trinajstić information content (AvgIpc) is 3.24. The molecule has 3 aromatic heterocycles. The number of hydrogen-bond acceptors (Lipinski definition) is 7. The van der Waals surface area contributed by atoms with Crippen molar-refractivity contribution in [1.29, 1.82) is 0 Å². The molecule has 1 aliphatic carbocycles. The maximum atomic E-state index is 12.9. The van der Waals surface area contributed by atoms with Crippen molar-refractivity contribution < 1.29 is 13.2 Å². The molecular weight excluding hydrogens is 445 g/mol. The number of anilines is 2. The van der Waals surface area contributed by atoms with Crippen LogP contribution in [0.3, 0.4) is 0 Å². The van der Waals surface area contributed by atoms with Crippen molar-refractivity contribution in [3.05, 3.63) is 65.5 Å². The molecule has 11 heteroatoms. The number of nitrogens with one attached hydrogen (secondary N) is 2. The molecule has 0 aromatic carbocycles. The molecule has 1 fully saturated rings. The third kappa shape index (κ3) is 4.47. The van der Waals surface area contributed by atoms with Crippen LogP contribution < -0.4 is 16.4 Å². The predicted molar refractivity (Wildman–Crippen MR) is 122 cm³/mol. The summed E-state index contributed by atoms with van der Waals surface area (Å²) >= 11 is 0. The number of fused-ring (bicyclic) bond motifs is 1. The molecular formula is C23H25F3N8. The Balaban J connectivity index is 1.32. The first-order valence-electron chi connectivity index (χ1n) is 11.2. The van der Waals surface area contributed by atoms with Crippen molar-refractivity contribution in [3.63, 3.8) is 0 Å². The highest BCUT2D eigenvalue weighted by molar-refractivity contribution is 5.70. The summed E-state index contributed by atoms with van der Waals surface area (Å²) in [5.41, 5.74) is 8.04. The standard InChI is InChI=1S/C23H25F3N8/c24-23(25,26)17-7-9-29-18(10-17)30-11-14-3-5-15(6-4-14)19-20-21(27)31-13-32-34(20)22(33-19)16-2-1-8-28-12-16/h3-5,7,9-10,13,15-16,28H,1-2,6,8,11-12H2,(H,29,30)(H2,27,31,32). The molecule has 0 spiro atoms. The first-order valence-corrected chi connectivity index (χ1v) is 11.2. The van der Waals surface area contributed by atoms with Gasteiger partial charge in [-0.2, -0.15) is 18.3 Å². The zero-order chi connectivity index (χ0) is 23.7.